The molecule has 0 aromatic carbocycles. The minimum atomic E-state index is -1.02. The van der Waals surface area contributed by atoms with E-state index in [1.54, 1.807) is 11.8 Å². The van der Waals surface area contributed by atoms with Crippen LogP contribution in [-0.2, 0) is 6.54 Å². The monoisotopic (exact) mass is 243 g/mol. The van der Waals surface area contributed by atoms with Gasteiger partial charge in [0.15, 0.2) is 0 Å². The lowest BCUT2D eigenvalue weighted by Gasteiger charge is -2.18. The summed E-state index contributed by atoms with van der Waals surface area (Å²) in [5, 5.41) is 26.5. The fraction of sp³-hybridized carbons (Fsp3) is 0.545. The summed E-state index contributed by atoms with van der Waals surface area (Å²) < 4.78 is 5.31. The quantitative estimate of drug-likeness (QED) is 0.627. The summed E-state index contributed by atoms with van der Waals surface area (Å²) in [5.41, 5.74) is 0.146. The molecule has 0 amide bonds. The van der Waals surface area contributed by atoms with E-state index in [4.69, 9.17) is 19.7 Å². The number of carboxylic acids is 1. The molecule has 1 heterocycles. The molecule has 0 saturated carbocycles. The molecule has 0 fully saturated rings. The van der Waals surface area contributed by atoms with Gasteiger partial charge in [-0.3, -0.25) is 4.90 Å². The molecule has 1 rings (SSSR count). The zero-order chi connectivity index (χ0) is 12.8. The van der Waals surface area contributed by atoms with Gasteiger partial charge >= 0.3 is 5.97 Å². The minimum absolute atomic E-state index is 0.0223. The normalized spacial score (nSPS) is 11.1. The fourth-order valence-electron chi connectivity index (χ4n) is 1.61. The second-order valence-corrected chi connectivity index (χ2v) is 3.71. The molecule has 1 aromatic rings. The molecule has 96 valence electrons. The lowest BCUT2D eigenvalue weighted by molar-refractivity contribution is 0.0695. The van der Waals surface area contributed by atoms with Crippen molar-refractivity contribution in [3.63, 3.8) is 0 Å². The Hall–Kier alpha value is -1.37. The van der Waals surface area contributed by atoms with E-state index in [1.165, 1.54) is 6.07 Å². The van der Waals surface area contributed by atoms with Gasteiger partial charge in [-0.15, -0.1) is 0 Å². The van der Waals surface area contributed by atoms with Crippen LogP contribution in [0.5, 0.6) is 0 Å². The van der Waals surface area contributed by atoms with E-state index in [0.717, 1.165) is 0 Å². The van der Waals surface area contributed by atoms with Crippen molar-refractivity contribution in [3.8, 4) is 0 Å². The highest BCUT2D eigenvalue weighted by Crippen LogP contribution is 2.16. The maximum atomic E-state index is 10.8. The van der Waals surface area contributed by atoms with E-state index >= 15 is 0 Å². The first-order valence-corrected chi connectivity index (χ1v) is 5.35. The van der Waals surface area contributed by atoms with Crippen LogP contribution in [0.1, 0.15) is 21.9 Å². The molecular formula is C11H17NO5. The molecule has 0 aliphatic carbocycles. The molecule has 0 spiro atoms. The number of aliphatic hydroxyl groups is 2. The average Bonchev–Trinajstić information content (AvgIpc) is 2.60. The molecule has 1 aromatic heterocycles. The summed E-state index contributed by atoms with van der Waals surface area (Å²) in [7, 11) is 0. The first kappa shape index (κ1) is 13.7. The largest absolute Gasteiger partial charge is 0.478 e. The third-order valence-electron chi connectivity index (χ3n) is 2.41. The molecule has 0 radical (unpaired) electrons. The Kier molecular flexibility index (Phi) is 5.14. The smallest absolute Gasteiger partial charge is 0.339 e. The summed E-state index contributed by atoms with van der Waals surface area (Å²) in [4.78, 5) is 12.6. The number of aryl methyl sites for hydroxylation is 1. The van der Waals surface area contributed by atoms with Gasteiger partial charge in [0.25, 0.3) is 0 Å². The molecule has 6 nitrogen and oxygen atoms in total. The third-order valence-corrected chi connectivity index (χ3v) is 2.41. The minimum Gasteiger partial charge on any atom is -0.478 e. The maximum Gasteiger partial charge on any atom is 0.339 e. The predicted octanol–water partition coefficient (Wildman–Crippen LogP) is 0.0728. The number of hydrogen-bond donors (Lipinski definition) is 3. The van der Waals surface area contributed by atoms with Gasteiger partial charge in [-0.05, 0) is 13.0 Å². The summed E-state index contributed by atoms with van der Waals surface area (Å²) in [6.45, 7) is 2.73. The standard InChI is InChI=1S/C11H17NO5/c1-8-10(11(15)16)6-9(17-8)7-12(2-4-13)3-5-14/h6,13-14H,2-5,7H2,1H3,(H,15,16). The summed E-state index contributed by atoms with van der Waals surface area (Å²) in [6, 6.07) is 1.47. The van der Waals surface area contributed by atoms with Crippen LogP contribution in [-0.4, -0.2) is 52.5 Å². The van der Waals surface area contributed by atoms with Gasteiger partial charge in [0.05, 0.1) is 19.8 Å². The molecule has 17 heavy (non-hydrogen) atoms. The van der Waals surface area contributed by atoms with E-state index in [1.807, 2.05) is 0 Å². The molecule has 6 heteroatoms. The van der Waals surface area contributed by atoms with E-state index in [2.05, 4.69) is 0 Å². The first-order valence-electron chi connectivity index (χ1n) is 5.35. The van der Waals surface area contributed by atoms with Crippen molar-refractivity contribution in [1.82, 2.24) is 4.90 Å². The lowest BCUT2D eigenvalue weighted by Crippen LogP contribution is -2.29. The summed E-state index contributed by atoms with van der Waals surface area (Å²) >= 11 is 0. The zero-order valence-corrected chi connectivity index (χ0v) is 9.72. The van der Waals surface area contributed by atoms with Crippen LogP contribution >= 0.6 is 0 Å². The second kappa shape index (κ2) is 6.39. The molecule has 0 aliphatic rings. The number of nitrogens with zero attached hydrogens (tertiary/aromatic N) is 1. The zero-order valence-electron chi connectivity index (χ0n) is 9.72. The first-order chi connectivity index (χ1) is 8.08. The summed E-state index contributed by atoms with van der Waals surface area (Å²) in [6.07, 6.45) is 0. The van der Waals surface area contributed by atoms with Gasteiger partial charge < -0.3 is 19.7 Å². The number of rotatable bonds is 7. The highest BCUT2D eigenvalue weighted by atomic mass is 16.4. The fourth-order valence-corrected chi connectivity index (χ4v) is 1.61. The molecular weight excluding hydrogens is 226 g/mol. The SMILES string of the molecule is Cc1oc(CN(CCO)CCO)cc1C(=O)O. The van der Waals surface area contributed by atoms with Crippen LogP contribution in [0.4, 0.5) is 0 Å². The molecule has 0 aliphatic heterocycles. The van der Waals surface area contributed by atoms with E-state index in [-0.39, 0.29) is 18.8 Å². The van der Waals surface area contributed by atoms with Crippen LogP contribution in [0.15, 0.2) is 10.5 Å². The topological polar surface area (TPSA) is 94.1 Å². The van der Waals surface area contributed by atoms with Gasteiger partial charge in [0, 0.05) is 13.1 Å². The molecule has 3 N–H and O–H groups in total. The van der Waals surface area contributed by atoms with Crippen molar-refractivity contribution >= 4 is 5.97 Å². The number of aliphatic hydroxyl groups excluding tert-OH is 2. The number of hydrogen-bond acceptors (Lipinski definition) is 5. The molecule has 0 saturated heterocycles. The Morgan fingerprint density at radius 3 is 2.35 bits per heavy atom. The molecule has 0 atom stereocenters. The Labute approximate surface area is 99.1 Å². The van der Waals surface area contributed by atoms with Crippen LogP contribution in [0.25, 0.3) is 0 Å². The third kappa shape index (κ3) is 3.85. The maximum absolute atomic E-state index is 10.8. The second-order valence-electron chi connectivity index (χ2n) is 3.71. The van der Waals surface area contributed by atoms with Crippen molar-refractivity contribution < 1.29 is 24.5 Å². The number of carboxylic acid groups (broad SMARTS) is 1. The van der Waals surface area contributed by atoms with Gasteiger partial charge in [-0.1, -0.05) is 0 Å². The van der Waals surface area contributed by atoms with Gasteiger partial charge in [0.1, 0.15) is 17.1 Å². The van der Waals surface area contributed by atoms with E-state index < -0.39 is 5.97 Å². The van der Waals surface area contributed by atoms with Crippen molar-refractivity contribution in [3.05, 3.63) is 23.2 Å². The van der Waals surface area contributed by atoms with Crippen molar-refractivity contribution in [2.75, 3.05) is 26.3 Å². The predicted molar refractivity (Wildman–Crippen MR) is 59.9 cm³/mol. The molecule has 0 unspecified atom stereocenters. The highest BCUT2D eigenvalue weighted by molar-refractivity contribution is 5.88. The van der Waals surface area contributed by atoms with Gasteiger partial charge in [0.2, 0.25) is 0 Å². The Morgan fingerprint density at radius 2 is 1.94 bits per heavy atom. The number of carbonyl (C=O) groups is 1. The van der Waals surface area contributed by atoms with Crippen LogP contribution < -0.4 is 0 Å². The van der Waals surface area contributed by atoms with E-state index in [9.17, 15) is 4.79 Å². The van der Waals surface area contributed by atoms with Crippen molar-refractivity contribution in [1.29, 1.82) is 0 Å². The van der Waals surface area contributed by atoms with Crippen LogP contribution in [0, 0.1) is 6.92 Å². The van der Waals surface area contributed by atoms with Crippen molar-refractivity contribution in [2.24, 2.45) is 0 Å². The lowest BCUT2D eigenvalue weighted by atomic mass is 10.2. The Bertz CT molecular complexity index is 368. The van der Waals surface area contributed by atoms with Gasteiger partial charge in [-0.2, -0.15) is 0 Å². The Morgan fingerprint density at radius 1 is 1.35 bits per heavy atom. The van der Waals surface area contributed by atoms with E-state index in [0.29, 0.717) is 31.2 Å². The van der Waals surface area contributed by atoms with Gasteiger partial charge in [-0.25, -0.2) is 4.79 Å². The highest BCUT2D eigenvalue weighted by Gasteiger charge is 2.15. The van der Waals surface area contributed by atoms with Crippen LogP contribution in [0.3, 0.4) is 0 Å². The number of aromatic carboxylic acids is 1. The average molecular weight is 243 g/mol. The molecule has 0 bridgehead atoms. The summed E-state index contributed by atoms with van der Waals surface area (Å²) in [5.74, 6) is -0.143. The Balaban J connectivity index is 2.72. The number of furan rings is 1. The van der Waals surface area contributed by atoms with Crippen molar-refractivity contribution in [2.45, 2.75) is 13.5 Å². The van der Waals surface area contributed by atoms with Crippen LogP contribution in [0.2, 0.25) is 0 Å².